The number of thioether (sulfide) groups is 1. The molecule has 3 aromatic heterocycles. The fourth-order valence-electron chi connectivity index (χ4n) is 2.79. The Balaban J connectivity index is 1.45. The van der Waals surface area contributed by atoms with Crippen LogP contribution >= 0.6 is 23.1 Å². The molecule has 0 saturated carbocycles. The Bertz CT molecular complexity index is 1180. The number of ether oxygens (including phenoxy) is 1. The number of nitrogens with one attached hydrogen (secondary N) is 2. The molecule has 0 unspecified atom stereocenters. The smallest absolute Gasteiger partial charge is 0.348 e. The SMILES string of the molecule is CCOC(=O)c1sc(NC(=O)CSc2n[nH]c3nc4ccccc4n23)cc1C. The van der Waals surface area contributed by atoms with E-state index in [1.54, 1.807) is 13.0 Å². The van der Waals surface area contributed by atoms with Gasteiger partial charge in [0, 0.05) is 0 Å². The minimum atomic E-state index is -0.370. The van der Waals surface area contributed by atoms with Gasteiger partial charge in [-0.2, -0.15) is 0 Å². The van der Waals surface area contributed by atoms with Crippen molar-refractivity contribution < 1.29 is 14.3 Å². The number of hydrogen-bond donors (Lipinski definition) is 2. The van der Waals surface area contributed by atoms with Crippen molar-refractivity contribution in [3.63, 3.8) is 0 Å². The summed E-state index contributed by atoms with van der Waals surface area (Å²) in [6.45, 7) is 3.89. The maximum atomic E-state index is 12.4. The molecule has 0 fully saturated rings. The number of anilines is 1. The van der Waals surface area contributed by atoms with Crippen LogP contribution in [0.15, 0.2) is 35.5 Å². The van der Waals surface area contributed by atoms with Crippen LogP contribution in [0.1, 0.15) is 22.2 Å². The van der Waals surface area contributed by atoms with E-state index in [9.17, 15) is 9.59 Å². The van der Waals surface area contributed by atoms with Crippen molar-refractivity contribution >= 4 is 56.8 Å². The van der Waals surface area contributed by atoms with Crippen molar-refractivity contribution in [1.29, 1.82) is 0 Å². The zero-order valence-electron chi connectivity index (χ0n) is 15.2. The topological polar surface area (TPSA) is 101 Å². The van der Waals surface area contributed by atoms with Gasteiger partial charge in [0.1, 0.15) is 4.88 Å². The van der Waals surface area contributed by atoms with Crippen molar-refractivity contribution in [2.75, 3.05) is 17.7 Å². The van der Waals surface area contributed by atoms with Crippen LogP contribution in [-0.4, -0.2) is 43.8 Å². The maximum Gasteiger partial charge on any atom is 0.348 e. The summed E-state index contributed by atoms with van der Waals surface area (Å²) in [6, 6.07) is 9.52. The fourth-order valence-corrected chi connectivity index (χ4v) is 4.52. The van der Waals surface area contributed by atoms with Crippen molar-refractivity contribution in [3.05, 3.63) is 40.8 Å². The molecule has 1 amide bonds. The van der Waals surface area contributed by atoms with E-state index in [-0.39, 0.29) is 17.6 Å². The number of aryl methyl sites for hydroxylation is 1. The minimum absolute atomic E-state index is 0.178. The third-order valence-corrected chi connectivity index (χ3v) is 6.05. The lowest BCUT2D eigenvalue weighted by molar-refractivity contribution is -0.113. The van der Waals surface area contributed by atoms with Gasteiger partial charge in [-0.05, 0) is 37.6 Å². The highest BCUT2D eigenvalue weighted by Gasteiger charge is 2.17. The zero-order chi connectivity index (χ0) is 19.7. The number of carbonyl (C=O) groups is 2. The van der Waals surface area contributed by atoms with E-state index >= 15 is 0 Å². The van der Waals surface area contributed by atoms with Gasteiger partial charge in [-0.3, -0.25) is 9.20 Å². The number of fused-ring (bicyclic) bond motifs is 3. The molecule has 1 aromatic carbocycles. The molecule has 0 spiro atoms. The Morgan fingerprint density at radius 3 is 3.00 bits per heavy atom. The van der Waals surface area contributed by atoms with Crippen LogP contribution in [0.25, 0.3) is 16.8 Å². The molecule has 0 radical (unpaired) electrons. The highest BCUT2D eigenvalue weighted by Crippen LogP contribution is 2.28. The summed E-state index contributed by atoms with van der Waals surface area (Å²) in [5.41, 5.74) is 2.58. The molecule has 4 aromatic rings. The summed E-state index contributed by atoms with van der Waals surface area (Å²) < 4.78 is 6.92. The number of thiophene rings is 1. The van der Waals surface area contributed by atoms with E-state index in [1.807, 2.05) is 35.6 Å². The number of nitrogens with zero attached hydrogens (tertiary/aromatic N) is 3. The van der Waals surface area contributed by atoms with E-state index in [0.717, 1.165) is 16.6 Å². The molecular weight excluding hydrogens is 398 g/mol. The fraction of sp³-hybridized carbons (Fsp3) is 0.222. The van der Waals surface area contributed by atoms with Gasteiger partial charge >= 0.3 is 5.97 Å². The summed E-state index contributed by atoms with van der Waals surface area (Å²) in [6.07, 6.45) is 0. The van der Waals surface area contributed by atoms with Gasteiger partial charge in [0.25, 0.3) is 0 Å². The summed E-state index contributed by atoms with van der Waals surface area (Å²) in [4.78, 5) is 29.2. The number of imidazole rings is 1. The van der Waals surface area contributed by atoms with Gasteiger partial charge < -0.3 is 10.1 Å². The molecule has 0 aliphatic rings. The lowest BCUT2D eigenvalue weighted by atomic mass is 10.3. The summed E-state index contributed by atoms with van der Waals surface area (Å²) in [5, 5.41) is 11.2. The third-order valence-electron chi connectivity index (χ3n) is 3.98. The maximum absolute atomic E-state index is 12.4. The Morgan fingerprint density at radius 2 is 2.18 bits per heavy atom. The second-order valence-electron chi connectivity index (χ2n) is 5.95. The number of aromatic nitrogens is 4. The van der Waals surface area contributed by atoms with Crippen LogP contribution in [0.2, 0.25) is 0 Å². The van der Waals surface area contributed by atoms with Crippen LogP contribution in [0.4, 0.5) is 5.00 Å². The molecule has 8 nitrogen and oxygen atoms in total. The Morgan fingerprint density at radius 1 is 1.36 bits per heavy atom. The van der Waals surface area contributed by atoms with Gasteiger partial charge in [0.05, 0.1) is 28.4 Å². The molecule has 4 rings (SSSR count). The van der Waals surface area contributed by atoms with Crippen molar-refractivity contribution in [1.82, 2.24) is 19.6 Å². The summed E-state index contributed by atoms with van der Waals surface area (Å²) >= 11 is 2.52. The largest absolute Gasteiger partial charge is 0.462 e. The second-order valence-corrected chi connectivity index (χ2v) is 7.94. The van der Waals surface area contributed by atoms with Crippen molar-refractivity contribution in [2.24, 2.45) is 0 Å². The van der Waals surface area contributed by atoms with Crippen molar-refractivity contribution in [2.45, 2.75) is 19.0 Å². The van der Waals surface area contributed by atoms with Crippen LogP contribution < -0.4 is 5.32 Å². The Hall–Kier alpha value is -2.85. The molecule has 0 aliphatic heterocycles. The molecule has 0 bridgehead atoms. The molecule has 0 atom stereocenters. The first-order valence-electron chi connectivity index (χ1n) is 8.58. The van der Waals surface area contributed by atoms with Gasteiger partial charge in [0.2, 0.25) is 11.7 Å². The van der Waals surface area contributed by atoms with Gasteiger partial charge in [-0.15, -0.1) is 16.4 Å². The monoisotopic (exact) mass is 415 g/mol. The highest BCUT2D eigenvalue weighted by molar-refractivity contribution is 7.99. The first-order chi connectivity index (χ1) is 13.6. The zero-order valence-corrected chi connectivity index (χ0v) is 16.8. The third kappa shape index (κ3) is 3.48. The molecule has 144 valence electrons. The van der Waals surface area contributed by atoms with E-state index in [0.29, 0.717) is 27.4 Å². The standard InChI is InChI=1S/C18H17N5O3S2/c1-3-26-16(25)15-10(2)8-14(28-15)20-13(24)9-27-18-22-21-17-19-11-6-4-5-7-12(11)23(17)18/h4-8H,3,9H2,1-2H3,(H,19,21)(H,20,24). The molecule has 2 N–H and O–H groups in total. The molecular formula is C18H17N5O3S2. The lowest BCUT2D eigenvalue weighted by Crippen LogP contribution is -2.13. The van der Waals surface area contributed by atoms with Gasteiger partial charge in [0.15, 0.2) is 5.16 Å². The molecule has 10 heteroatoms. The highest BCUT2D eigenvalue weighted by atomic mass is 32.2. The molecule has 0 aliphatic carbocycles. The van der Waals surface area contributed by atoms with Gasteiger partial charge in [-0.1, -0.05) is 23.9 Å². The number of aromatic amines is 1. The van der Waals surface area contributed by atoms with Crippen LogP contribution in [0, 0.1) is 6.92 Å². The van der Waals surface area contributed by atoms with Crippen molar-refractivity contribution in [3.8, 4) is 0 Å². The summed E-state index contributed by atoms with van der Waals surface area (Å²) in [7, 11) is 0. The Labute approximate surface area is 168 Å². The second kappa shape index (κ2) is 7.64. The van der Waals surface area contributed by atoms with Crippen LogP contribution in [0.5, 0.6) is 0 Å². The number of hydrogen-bond acceptors (Lipinski definition) is 7. The van der Waals surface area contributed by atoms with E-state index in [4.69, 9.17) is 4.74 Å². The predicted molar refractivity (Wildman–Crippen MR) is 109 cm³/mol. The van der Waals surface area contributed by atoms with E-state index < -0.39 is 0 Å². The van der Waals surface area contributed by atoms with E-state index in [2.05, 4.69) is 20.5 Å². The number of carbonyl (C=O) groups excluding carboxylic acids is 2. The molecule has 3 heterocycles. The Kier molecular flexibility index (Phi) is 5.05. The van der Waals surface area contributed by atoms with Gasteiger partial charge in [-0.25, -0.2) is 14.9 Å². The number of H-pyrrole nitrogens is 1. The number of rotatable bonds is 6. The van der Waals surface area contributed by atoms with Crippen LogP contribution in [0.3, 0.4) is 0 Å². The van der Waals surface area contributed by atoms with E-state index in [1.165, 1.54) is 23.1 Å². The number of para-hydroxylation sites is 2. The van der Waals surface area contributed by atoms with Crippen LogP contribution in [-0.2, 0) is 9.53 Å². The first kappa shape index (κ1) is 18.5. The number of esters is 1. The number of amides is 1. The summed E-state index contributed by atoms with van der Waals surface area (Å²) in [5.74, 6) is 0.267. The minimum Gasteiger partial charge on any atom is -0.462 e. The predicted octanol–water partition coefficient (Wildman–Crippen LogP) is 3.49. The average Bonchev–Trinajstić information content (AvgIpc) is 3.33. The molecule has 0 saturated heterocycles. The first-order valence-corrected chi connectivity index (χ1v) is 10.4. The molecule has 28 heavy (non-hydrogen) atoms. The lowest BCUT2D eigenvalue weighted by Gasteiger charge is -2.02. The quantitative estimate of drug-likeness (QED) is 0.369. The average molecular weight is 416 g/mol. The normalized spacial score (nSPS) is 11.2. The number of benzene rings is 1.